The molecule has 369 valence electrons. The topological polar surface area (TPSA) is 153 Å². The number of unbranched alkanes of at least 4 members (excludes halogenated alkanes) is 10. The second kappa shape index (κ2) is 36.6. The number of carboxylic acid groups (broad SMARTS) is 2. The van der Waals surface area contributed by atoms with Crippen molar-refractivity contribution < 1.29 is 62.3 Å². The second-order valence-electron chi connectivity index (χ2n) is 23.2. The van der Waals surface area contributed by atoms with E-state index < -0.39 is 45.0 Å². The molecule has 62 heavy (non-hydrogen) atoms. The van der Waals surface area contributed by atoms with Crippen LogP contribution < -0.4 is 0 Å². The van der Waals surface area contributed by atoms with Crippen molar-refractivity contribution >= 4 is 45.0 Å². The van der Waals surface area contributed by atoms with Crippen LogP contribution in [-0.4, -0.2) is 55.2 Å². The van der Waals surface area contributed by atoms with E-state index in [1.165, 1.54) is 12.8 Å². The van der Waals surface area contributed by atoms with Crippen LogP contribution in [0.2, 0.25) is 0 Å². The van der Waals surface area contributed by atoms with E-state index in [2.05, 4.69) is 104 Å². The summed E-state index contributed by atoms with van der Waals surface area (Å²) in [6.45, 7) is 33.1. The molecular formula is C50H97AlCoO10. The largest absolute Gasteiger partial charge is 1.20 e. The molecule has 0 aromatic carbocycles. The molecule has 0 heterocycles. The molecule has 0 aromatic heterocycles. The Morgan fingerprint density at radius 2 is 0.500 bits per heavy atom. The predicted molar refractivity (Wildman–Crippen MR) is 252 cm³/mol. The normalized spacial score (nSPS) is 11.8. The van der Waals surface area contributed by atoms with Crippen molar-refractivity contribution in [3.8, 4) is 0 Å². The molecule has 0 saturated heterocycles. The summed E-state index contributed by atoms with van der Waals surface area (Å²) in [5.74, 6) is -2.72. The van der Waals surface area contributed by atoms with Gasteiger partial charge >= 0.3 is 27.1 Å². The van der Waals surface area contributed by atoms with Gasteiger partial charge in [0, 0.05) is 48.9 Å². The first-order chi connectivity index (χ1) is 27.8. The van der Waals surface area contributed by atoms with E-state index in [0.717, 1.165) is 96.3 Å². The molecule has 0 spiro atoms. The molecule has 0 atom stereocenters. The molecule has 0 aliphatic heterocycles. The van der Waals surface area contributed by atoms with E-state index in [1.807, 2.05) is 0 Å². The number of aliphatic carboxylic acids is 2. The monoisotopic (exact) mass is 944 g/mol. The van der Waals surface area contributed by atoms with Crippen LogP contribution in [0.4, 0.5) is 0 Å². The first-order valence-electron chi connectivity index (χ1n) is 23.8. The van der Waals surface area contributed by atoms with Crippen molar-refractivity contribution in [2.45, 2.75) is 264 Å². The summed E-state index contributed by atoms with van der Waals surface area (Å²) in [5, 5.41) is 16.7. The van der Waals surface area contributed by atoms with Gasteiger partial charge in [-0.15, -0.1) is 0 Å². The molecule has 0 unspecified atom stereocenters. The zero-order chi connectivity index (χ0) is 47.8. The molecule has 0 bridgehead atoms. The standard InChI is InChI=1S/5C10H20O2.Al.Co/c5*1-10(2,3)8-6-4-5-7-9(11)12;;/h5*4-8H2,1-3H3,(H,11,12);;/q;;;;;+3;/p-3. The Hall–Kier alpha value is -1.61. The summed E-state index contributed by atoms with van der Waals surface area (Å²) >= 11 is -3.21. The third kappa shape index (κ3) is 62.7. The zero-order valence-electron chi connectivity index (χ0n) is 42.7. The maximum atomic E-state index is 12.4. The van der Waals surface area contributed by atoms with Crippen LogP contribution in [0.1, 0.15) is 264 Å². The minimum Gasteiger partial charge on any atom is -0.551 e. The number of hydrogen-bond acceptors (Lipinski definition) is 8. The van der Waals surface area contributed by atoms with Gasteiger partial charge in [-0.25, -0.2) is 0 Å². The number of carboxylic acids is 2. The van der Waals surface area contributed by atoms with Gasteiger partial charge in [-0.05, 0) is 91.3 Å². The molecule has 1 radical (unpaired) electrons. The molecule has 2 N–H and O–H groups in total. The molecule has 0 fully saturated rings. The van der Waals surface area contributed by atoms with Gasteiger partial charge in [0.05, 0.1) is 0 Å². The Bertz CT molecular complexity index is 1050. The molecule has 12 heteroatoms. The number of rotatable bonds is 28. The Morgan fingerprint density at radius 3 is 0.661 bits per heavy atom. The molecular weight excluding hydrogens is 846 g/mol. The van der Waals surface area contributed by atoms with Crippen molar-refractivity contribution in [1.82, 2.24) is 0 Å². The van der Waals surface area contributed by atoms with E-state index in [9.17, 15) is 24.0 Å². The van der Waals surface area contributed by atoms with E-state index in [1.54, 1.807) is 0 Å². The third-order valence-corrected chi connectivity index (χ3v) is 11.1. The van der Waals surface area contributed by atoms with Crippen molar-refractivity contribution in [3.05, 3.63) is 0 Å². The first-order valence-corrected chi connectivity index (χ1v) is 25.2. The predicted octanol–water partition coefficient (Wildman–Crippen LogP) is 14.7. The van der Waals surface area contributed by atoms with Gasteiger partial charge in [-0.3, -0.25) is 24.0 Å². The fourth-order valence-electron chi connectivity index (χ4n) is 6.09. The van der Waals surface area contributed by atoms with Crippen LogP contribution >= 0.6 is 0 Å². The van der Waals surface area contributed by atoms with E-state index in [-0.39, 0.29) is 52.3 Å². The molecule has 0 rings (SSSR count). The van der Waals surface area contributed by atoms with Crippen molar-refractivity contribution in [3.63, 3.8) is 0 Å². The van der Waals surface area contributed by atoms with Gasteiger partial charge in [0.15, 0.2) is 0 Å². The van der Waals surface area contributed by atoms with Crippen LogP contribution in [0.5, 0.6) is 0 Å². The smallest absolute Gasteiger partial charge is 0.551 e. The first kappa shape index (κ1) is 67.0. The van der Waals surface area contributed by atoms with E-state index in [4.69, 9.17) is 21.6 Å². The maximum Gasteiger partial charge on any atom is 1.20 e. The number of carbonyl (C=O) groups excluding carboxylic acids is 3. The summed E-state index contributed by atoms with van der Waals surface area (Å²) in [6, 6.07) is 0. The quantitative estimate of drug-likeness (QED) is 0.0572. The van der Waals surface area contributed by atoms with Gasteiger partial charge in [-0.1, -0.05) is 168 Å². The van der Waals surface area contributed by atoms with Crippen LogP contribution in [0, 0.1) is 27.1 Å². The minimum absolute atomic E-state index is 0. The van der Waals surface area contributed by atoms with Gasteiger partial charge in [0.1, 0.15) is 0 Å². The molecule has 0 aromatic rings. The van der Waals surface area contributed by atoms with Crippen LogP contribution in [0.25, 0.3) is 0 Å². The Balaban J connectivity index is -0.000000545. The van der Waals surface area contributed by atoms with Crippen LogP contribution in [0.3, 0.4) is 0 Å². The minimum atomic E-state index is -3.21. The third-order valence-electron chi connectivity index (χ3n) is 9.74. The molecule has 0 aliphatic carbocycles. The van der Waals surface area contributed by atoms with Gasteiger partial charge in [0.2, 0.25) is 0 Å². The summed E-state index contributed by atoms with van der Waals surface area (Å²) in [5.41, 5.74) is 1.62. The SMILES string of the molecule is CC(C)(C)CCCCCC(=O)O.CC(C)(C)CCCCCC(=O)O.CC(C)(C)CCCCCC(=O)[O][Al]([O]C(=O)CCCCCC(C)(C)C)[O]C(=O)CCCCCC(C)(C)C.[Co]. The summed E-state index contributed by atoms with van der Waals surface area (Å²) in [7, 11) is 0. The average Bonchev–Trinajstić information content (AvgIpc) is 3.05. The Labute approximate surface area is 396 Å². The Kier molecular flexibility index (Phi) is 39.5. The van der Waals surface area contributed by atoms with E-state index in [0.29, 0.717) is 42.9 Å². The van der Waals surface area contributed by atoms with Crippen molar-refractivity contribution in [2.24, 2.45) is 27.1 Å². The summed E-state index contributed by atoms with van der Waals surface area (Å²) < 4.78 is 16.2. The number of carbonyl (C=O) groups is 5. The zero-order valence-corrected chi connectivity index (χ0v) is 44.9. The number of hydrogen-bond donors (Lipinski definition) is 2. The summed E-state index contributed by atoms with van der Waals surface area (Å²) in [4.78, 5) is 57.5. The average molecular weight is 944 g/mol. The van der Waals surface area contributed by atoms with Gasteiger partial charge in [-0.2, -0.15) is 0 Å². The fraction of sp³-hybridized carbons (Fsp3) is 0.900. The van der Waals surface area contributed by atoms with Crippen molar-refractivity contribution in [1.29, 1.82) is 0 Å². The van der Waals surface area contributed by atoms with Crippen LogP contribution in [-0.2, 0) is 52.1 Å². The van der Waals surface area contributed by atoms with Crippen LogP contribution in [0.15, 0.2) is 0 Å². The molecule has 0 aliphatic rings. The molecule has 0 saturated carbocycles. The van der Waals surface area contributed by atoms with Crippen molar-refractivity contribution in [2.75, 3.05) is 0 Å². The summed E-state index contributed by atoms with van der Waals surface area (Å²) in [6.07, 6.45) is 21.1. The fourth-order valence-corrected chi connectivity index (χ4v) is 7.23. The molecule has 0 amide bonds. The van der Waals surface area contributed by atoms with Gasteiger partial charge in [0.25, 0.3) is 17.9 Å². The second-order valence-corrected chi connectivity index (χ2v) is 24.4. The maximum absolute atomic E-state index is 12.4. The van der Waals surface area contributed by atoms with E-state index >= 15 is 0 Å². The Morgan fingerprint density at radius 1 is 0.323 bits per heavy atom. The molecule has 10 nitrogen and oxygen atoms in total. The van der Waals surface area contributed by atoms with Gasteiger partial charge < -0.3 is 21.6 Å².